The summed E-state index contributed by atoms with van der Waals surface area (Å²) in [5, 5.41) is 21.4. The Morgan fingerprint density at radius 3 is 2.18 bits per heavy atom. The average Bonchev–Trinajstić information content (AvgIpc) is 2.98. The zero-order valence-corrected chi connectivity index (χ0v) is 24.4. The lowest BCUT2D eigenvalue weighted by Crippen LogP contribution is -2.66. The molecule has 4 atom stereocenters. The van der Waals surface area contributed by atoms with E-state index in [1.54, 1.807) is 24.3 Å². The van der Waals surface area contributed by atoms with Crippen LogP contribution in [0.3, 0.4) is 0 Å². The monoisotopic (exact) mass is 630 g/mol. The predicted octanol–water partition coefficient (Wildman–Crippen LogP) is -4.53. The predicted molar refractivity (Wildman–Crippen MR) is 157 cm³/mol. The van der Waals surface area contributed by atoms with E-state index in [1.165, 1.54) is 4.90 Å². The van der Waals surface area contributed by atoms with Gasteiger partial charge in [0.05, 0.1) is 19.4 Å². The lowest BCUT2D eigenvalue weighted by atomic mass is 10.0. The van der Waals surface area contributed by atoms with Crippen LogP contribution in [-0.4, -0.2) is 101 Å². The van der Waals surface area contributed by atoms with Crippen LogP contribution in [-0.2, 0) is 46.7 Å². The van der Waals surface area contributed by atoms with Crippen LogP contribution in [0.5, 0.6) is 0 Å². The molecule has 0 spiro atoms. The molecule has 4 rings (SSSR count). The molecule has 0 aliphatic carbocycles. The molecule has 6 amide bonds. The molecule has 3 aliphatic rings. The maximum Gasteiger partial charge on any atom is 0.305 e. The molecular formula is C27H38N10O8. The minimum Gasteiger partial charge on any atom is -0.481 e. The lowest BCUT2D eigenvalue weighted by Gasteiger charge is -2.39. The minimum absolute atomic E-state index is 0.0397. The van der Waals surface area contributed by atoms with Crippen molar-refractivity contribution in [1.82, 2.24) is 31.5 Å². The first-order chi connectivity index (χ1) is 21.4. The molecule has 45 heavy (non-hydrogen) atoms. The first-order valence-corrected chi connectivity index (χ1v) is 14.2. The van der Waals surface area contributed by atoms with Crippen molar-refractivity contribution in [3.05, 3.63) is 35.4 Å². The van der Waals surface area contributed by atoms with Crippen molar-refractivity contribution in [3.63, 3.8) is 0 Å². The van der Waals surface area contributed by atoms with Gasteiger partial charge in [0.1, 0.15) is 24.2 Å². The second kappa shape index (κ2) is 16.0. The fourth-order valence-electron chi connectivity index (χ4n) is 4.78. The number of aliphatic carboxylic acids is 1. The van der Waals surface area contributed by atoms with Gasteiger partial charge in [-0.25, -0.2) is 0 Å². The number of guanidine groups is 1. The summed E-state index contributed by atoms with van der Waals surface area (Å²) in [5.41, 5.74) is 17.8. The van der Waals surface area contributed by atoms with Crippen LogP contribution in [0.2, 0.25) is 0 Å². The fourth-order valence-corrected chi connectivity index (χ4v) is 4.78. The molecule has 12 N–H and O–H groups in total. The Bertz CT molecular complexity index is 1330. The first kappa shape index (κ1) is 34.2. The van der Waals surface area contributed by atoms with E-state index in [0.717, 1.165) is 5.56 Å². The summed E-state index contributed by atoms with van der Waals surface area (Å²) in [6.45, 7) is -0.701. The van der Waals surface area contributed by atoms with Crippen LogP contribution >= 0.6 is 0 Å². The van der Waals surface area contributed by atoms with Crippen molar-refractivity contribution in [2.75, 3.05) is 19.6 Å². The number of fused-ring (bicyclic) bond motifs is 14. The number of amides is 6. The molecule has 0 saturated carbocycles. The number of benzene rings is 1. The van der Waals surface area contributed by atoms with Crippen LogP contribution in [0, 0.1) is 0 Å². The Labute approximate surface area is 257 Å². The molecule has 0 unspecified atom stereocenters. The molecule has 1 aromatic rings. The Hall–Kier alpha value is -5.26. The maximum absolute atomic E-state index is 13.7. The topological polar surface area (TPSA) is 294 Å². The molecule has 3 saturated heterocycles. The number of carbonyl (C=O) groups excluding carboxylic acids is 6. The van der Waals surface area contributed by atoms with E-state index in [-0.39, 0.29) is 31.9 Å². The van der Waals surface area contributed by atoms with Gasteiger partial charge < -0.3 is 53.8 Å². The van der Waals surface area contributed by atoms with E-state index >= 15 is 0 Å². The van der Waals surface area contributed by atoms with Gasteiger partial charge in [-0.15, -0.1) is 0 Å². The van der Waals surface area contributed by atoms with E-state index in [2.05, 4.69) is 31.6 Å². The number of rotatable bonds is 9. The number of carboxylic acid groups (broad SMARTS) is 1. The molecule has 0 radical (unpaired) electrons. The number of nitrogens with two attached hydrogens (primary N) is 3. The number of nitrogens with zero attached hydrogens (tertiary/aromatic N) is 2. The number of hydrogen-bond acceptors (Lipinski definition) is 9. The minimum atomic E-state index is -1.56. The third kappa shape index (κ3) is 10.2. The Morgan fingerprint density at radius 2 is 1.53 bits per heavy atom. The van der Waals surface area contributed by atoms with E-state index in [4.69, 9.17) is 17.2 Å². The normalized spacial score (nSPS) is 23.2. The SMILES string of the molecule is NCc1ccc(CN2C(=O)[C@@H]3CC(=O)N[C@@H](CCCN=C(N)N)C(=O)NCC(=O)N[C@@H](CC(=O)O)C(=O)NC[C@@H]2C(=O)N3)cc1. The summed E-state index contributed by atoms with van der Waals surface area (Å²) >= 11 is 0. The molecule has 1 aromatic carbocycles. The summed E-state index contributed by atoms with van der Waals surface area (Å²) in [5.74, 6) is -6.18. The molecular weight excluding hydrogens is 592 g/mol. The van der Waals surface area contributed by atoms with Crippen molar-refractivity contribution in [2.45, 2.75) is 62.9 Å². The summed E-state index contributed by atoms with van der Waals surface area (Å²) < 4.78 is 0. The van der Waals surface area contributed by atoms with Gasteiger partial charge in [0.15, 0.2) is 5.96 Å². The highest BCUT2D eigenvalue weighted by Gasteiger charge is 2.42. The Morgan fingerprint density at radius 1 is 0.889 bits per heavy atom. The lowest BCUT2D eigenvalue weighted by molar-refractivity contribution is -0.151. The highest BCUT2D eigenvalue weighted by molar-refractivity contribution is 6.00. The molecule has 2 bridgehead atoms. The van der Waals surface area contributed by atoms with E-state index in [9.17, 15) is 38.7 Å². The van der Waals surface area contributed by atoms with E-state index in [1.807, 2.05) is 0 Å². The third-order valence-corrected chi connectivity index (χ3v) is 7.10. The number of carbonyl (C=O) groups is 7. The molecule has 0 aromatic heterocycles. The zero-order valence-electron chi connectivity index (χ0n) is 24.4. The fraction of sp³-hybridized carbons (Fsp3) is 0.481. The third-order valence-electron chi connectivity index (χ3n) is 7.10. The van der Waals surface area contributed by atoms with Crippen LogP contribution < -0.4 is 43.8 Å². The van der Waals surface area contributed by atoms with Crippen LogP contribution in [0.25, 0.3) is 0 Å². The molecule has 3 fully saturated rings. The largest absolute Gasteiger partial charge is 0.481 e. The Balaban J connectivity index is 1.93. The zero-order chi connectivity index (χ0) is 33.1. The van der Waals surface area contributed by atoms with Crippen molar-refractivity contribution in [1.29, 1.82) is 0 Å². The molecule has 3 heterocycles. The number of hydrogen-bond donors (Lipinski definition) is 9. The summed E-state index contributed by atoms with van der Waals surface area (Å²) in [6.07, 6.45) is -1.02. The van der Waals surface area contributed by atoms with Gasteiger partial charge in [-0.05, 0) is 24.0 Å². The van der Waals surface area contributed by atoms with Crippen LogP contribution in [0.4, 0.5) is 0 Å². The van der Waals surface area contributed by atoms with Gasteiger partial charge >= 0.3 is 5.97 Å². The Kier molecular flexibility index (Phi) is 12.2. The van der Waals surface area contributed by atoms with E-state index in [0.29, 0.717) is 12.1 Å². The molecule has 3 aliphatic heterocycles. The number of carboxylic acids is 1. The number of aliphatic imine (C=N–C) groups is 1. The quantitative estimate of drug-likeness (QED) is 0.0542. The standard InChI is InChI=1S/C27H38N10O8/c28-10-14-3-5-15(6-4-14)13-37-19-11-32-24(43)17(9-22(40)41)35-21(39)12-33-23(42)16(2-1-7-31-27(29)30)34-20(38)8-18(26(37)45)36-25(19)44/h3-6,16-19H,1-2,7-13,28H2,(H,32,43)(H,33,42)(H,34,38)(H,35,39)(H,36,44)(H,40,41)(H4,29,30,31)/t16-,17-,18-,19+/m0/s1. The smallest absolute Gasteiger partial charge is 0.305 e. The number of piperazine rings is 1. The van der Waals surface area contributed by atoms with E-state index < -0.39 is 91.5 Å². The first-order valence-electron chi connectivity index (χ1n) is 14.2. The van der Waals surface area contributed by atoms with Gasteiger partial charge in [-0.3, -0.25) is 38.6 Å². The summed E-state index contributed by atoms with van der Waals surface area (Å²) in [4.78, 5) is 95.0. The van der Waals surface area contributed by atoms with Crippen molar-refractivity contribution < 1.29 is 38.7 Å². The van der Waals surface area contributed by atoms with Crippen LogP contribution in [0.1, 0.15) is 36.8 Å². The summed E-state index contributed by atoms with van der Waals surface area (Å²) in [6, 6.07) is 1.67. The van der Waals surface area contributed by atoms with Gasteiger partial charge in [-0.2, -0.15) is 0 Å². The highest BCUT2D eigenvalue weighted by atomic mass is 16.4. The second-order valence-corrected chi connectivity index (χ2v) is 10.5. The second-order valence-electron chi connectivity index (χ2n) is 10.5. The number of nitrogens with one attached hydrogen (secondary N) is 5. The van der Waals surface area contributed by atoms with Gasteiger partial charge in [-0.1, -0.05) is 24.3 Å². The van der Waals surface area contributed by atoms with Crippen molar-refractivity contribution >= 4 is 47.4 Å². The summed E-state index contributed by atoms with van der Waals surface area (Å²) in [7, 11) is 0. The highest BCUT2D eigenvalue weighted by Crippen LogP contribution is 2.18. The van der Waals surface area contributed by atoms with Crippen molar-refractivity contribution in [3.8, 4) is 0 Å². The molecule has 18 heteroatoms. The maximum atomic E-state index is 13.7. The van der Waals surface area contributed by atoms with Gasteiger partial charge in [0.2, 0.25) is 35.4 Å². The average molecular weight is 631 g/mol. The van der Waals surface area contributed by atoms with Crippen LogP contribution in [0.15, 0.2) is 29.3 Å². The van der Waals surface area contributed by atoms with Gasteiger partial charge in [0, 0.05) is 26.2 Å². The molecule has 244 valence electrons. The van der Waals surface area contributed by atoms with Crippen molar-refractivity contribution in [2.24, 2.45) is 22.2 Å². The molecule has 18 nitrogen and oxygen atoms in total. The van der Waals surface area contributed by atoms with Gasteiger partial charge in [0.25, 0.3) is 0 Å².